The first kappa shape index (κ1) is 10.4. The fraction of sp³-hybridized carbons (Fsp3) is 1.00. The van der Waals surface area contributed by atoms with E-state index in [0.717, 1.165) is 31.8 Å². The standard InChI is InChI=1S/C12H23NO/c1-4-11(3)8-13-9-12(5-2,14-11)10-6-7-10/h10,13H,4-9H2,1-3H3. The molecule has 1 N–H and O–H groups in total. The average Bonchev–Trinajstić information content (AvgIpc) is 3.01. The van der Waals surface area contributed by atoms with Crippen LogP contribution in [0.3, 0.4) is 0 Å². The molecule has 0 spiro atoms. The van der Waals surface area contributed by atoms with Crippen molar-refractivity contribution >= 4 is 0 Å². The van der Waals surface area contributed by atoms with Gasteiger partial charge in [0, 0.05) is 13.1 Å². The Morgan fingerprint density at radius 3 is 2.43 bits per heavy atom. The Bertz CT molecular complexity index is 214. The van der Waals surface area contributed by atoms with Crippen LogP contribution in [0.4, 0.5) is 0 Å². The zero-order valence-corrected chi connectivity index (χ0v) is 9.73. The van der Waals surface area contributed by atoms with E-state index in [1.54, 1.807) is 0 Å². The lowest BCUT2D eigenvalue weighted by Gasteiger charge is -2.47. The maximum absolute atomic E-state index is 6.42. The second-order valence-electron chi connectivity index (χ2n) is 5.20. The van der Waals surface area contributed by atoms with Gasteiger partial charge in [-0.15, -0.1) is 0 Å². The van der Waals surface area contributed by atoms with Crippen molar-refractivity contribution in [2.45, 2.75) is 57.7 Å². The third-order valence-electron chi connectivity index (χ3n) is 4.04. The first-order chi connectivity index (χ1) is 6.64. The molecule has 0 aromatic heterocycles. The molecule has 0 aromatic rings. The van der Waals surface area contributed by atoms with Gasteiger partial charge in [0.1, 0.15) is 0 Å². The molecule has 2 heteroatoms. The molecule has 2 fully saturated rings. The van der Waals surface area contributed by atoms with Crippen LogP contribution < -0.4 is 5.32 Å². The predicted molar refractivity (Wildman–Crippen MR) is 58.4 cm³/mol. The Kier molecular flexibility index (Phi) is 2.61. The minimum atomic E-state index is 0.0663. The lowest BCUT2D eigenvalue weighted by atomic mass is 9.88. The van der Waals surface area contributed by atoms with Gasteiger partial charge in [-0.1, -0.05) is 13.8 Å². The number of hydrogen-bond acceptors (Lipinski definition) is 2. The minimum Gasteiger partial charge on any atom is -0.366 e. The van der Waals surface area contributed by atoms with Crippen LogP contribution in [0.1, 0.15) is 46.5 Å². The van der Waals surface area contributed by atoms with Crippen LogP contribution in [0.15, 0.2) is 0 Å². The molecular weight excluding hydrogens is 174 g/mol. The predicted octanol–water partition coefficient (Wildman–Crippen LogP) is 2.33. The van der Waals surface area contributed by atoms with Gasteiger partial charge in [-0.25, -0.2) is 0 Å². The average molecular weight is 197 g/mol. The summed E-state index contributed by atoms with van der Waals surface area (Å²) in [6.45, 7) is 8.80. The fourth-order valence-corrected chi connectivity index (χ4v) is 2.62. The maximum atomic E-state index is 6.42. The molecule has 14 heavy (non-hydrogen) atoms. The van der Waals surface area contributed by atoms with Gasteiger partial charge in [0.25, 0.3) is 0 Å². The van der Waals surface area contributed by atoms with Crippen LogP contribution >= 0.6 is 0 Å². The van der Waals surface area contributed by atoms with Gasteiger partial charge in [0.05, 0.1) is 11.2 Å². The Morgan fingerprint density at radius 1 is 1.21 bits per heavy atom. The van der Waals surface area contributed by atoms with E-state index >= 15 is 0 Å². The number of ether oxygens (including phenoxy) is 1. The third-order valence-corrected chi connectivity index (χ3v) is 4.04. The van der Waals surface area contributed by atoms with Crippen LogP contribution in [0.5, 0.6) is 0 Å². The summed E-state index contributed by atoms with van der Waals surface area (Å²) < 4.78 is 6.42. The summed E-state index contributed by atoms with van der Waals surface area (Å²) in [6.07, 6.45) is 5.00. The van der Waals surface area contributed by atoms with E-state index in [4.69, 9.17) is 4.74 Å². The van der Waals surface area contributed by atoms with Gasteiger partial charge in [-0.2, -0.15) is 0 Å². The molecule has 2 nitrogen and oxygen atoms in total. The van der Waals surface area contributed by atoms with Gasteiger partial charge in [0.2, 0.25) is 0 Å². The molecule has 0 radical (unpaired) electrons. The van der Waals surface area contributed by atoms with E-state index in [0.29, 0.717) is 0 Å². The smallest absolute Gasteiger partial charge is 0.0839 e. The monoisotopic (exact) mass is 197 g/mol. The van der Waals surface area contributed by atoms with E-state index in [2.05, 4.69) is 26.1 Å². The largest absolute Gasteiger partial charge is 0.366 e. The molecule has 1 saturated heterocycles. The van der Waals surface area contributed by atoms with Crippen LogP contribution in [-0.2, 0) is 4.74 Å². The first-order valence-electron chi connectivity index (χ1n) is 6.05. The molecule has 0 aromatic carbocycles. The summed E-state index contributed by atoms with van der Waals surface area (Å²) in [5, 5.41) is 3.56. The summed E-state index contributed by atoms with van der Waals surface area (Å²) in [6, 6.07) is 0. The molecule has 2 rings (SSSR count). The summed E-state index contributed by atoms with van der Waals surface area (Å²) in [5.74, 6) is 0.825. The van der Waals surface area contributed by atoms with E-state index in [1.807, 2.05) is 0 Å². The third kappa shape index (κ3) is 1.70. The van der Waals surface area contributed by atoms with Crippen LogP contribution in [0.25, 0.3) is 0 Å². The number of hydrogen-bond donors (Lipinski definition) is 1. The molecule has 2 aliphatic rings. The van der Waals surface area contributed by atoms with Gasteiger partial charge >= 0.3 is 0 Å². The topological polar surface area (TPSA) is 21.3 Å². The van der Waals surface area contributed by atoms with Gasteiger partial charge in [-0.05, 0) is 38.5 Å². The second kappa shape index (κ2) is 3.49. The van der Waals surface area contributed by atoms with Gasteiger partial charge < -0.3 is 10.1 Å². The molecule has 0 amide bonds. The minimum absolute atomic E-state index is 0.0663. The van der Waals surface area contributed by atoms with Crippen LogP contribution in [-0.4, -0.2) is 24.3 Å². The van der Waals surface area contributed by atoms with E-state index in [1.165, 1.54) is 12.8 Å². The van der Waals surface area contributed by atoms with Crippen molar-refractivity contribution in [2.24, 2.45) is 5.92 Å². The summed E-state index contributed by atoms with van der Waals surface area (Å²) in [4.78, 5) is 0. The van der Waals surface area contributed by atoms with Crippen molar-refractivity contribution in [3.05, 3.63) is 0 Å². The first-order valence-corrected chi connectivity index (χ1v) is 6.05. The highest BCUT2D eigenvalue weighted by Gasteiger charge is 2.50. The second-order valence-corrected chi connectivity index (χ2v) is 5.20. The summed E-state index contributed by atoms with van der Waals surface area (Å²) in [5.41, 5.74) is 0.222. The van der Waals surface area contributed by atoms with Crippen molar-refractivity contribution in [1.29, 1.82) is 0 Å². The highest BCUT2D eigenvalue weighted by atomic mass is 16.5. The van der Waals surface area contributed by atoms with Gasteiger partial charge in [-0.3, -0.25) is 0 Å². The molecule has 1 aliphatic heterocycles. The normalized spacial score (nSPS) is 43.9. The quantitative estimate of drug-likeness (QED) is 0.750. The molecule has 1 heterocycles. The molecular formula is C12H23NO. The molecule has 82 valence electrons. The highest BCUT2D eigenvalue weighted by Crippen LogP contribution is 2.47. The summed E-state index contributed by atoms with van der Waals surface area (Å²) >= 11 is 0. The van der Waals surface area contributed by atoms with Crippen molar-refractivity contribution < 1.29 is 4.74 Å². The van der Waals surface area contributed by atoms with Crippen molar-refractivity contribution in [1.82, 2.24) is 5.32 Å². The van der Waals surface area contributed by atoms with E-state index in [9.17, 15) is 0 Å². The van der Waals surface area contributed by atoms with E-state index < -0.39 is 0 Å². The zero-order valence-electron chi connectivity index (χ0n) is 9.73. The number of nitrogens with one attached hydrogen (secondary N) is 1. The maximum Gasteiger partial charge on any atom is 0.0839 e. The van der Waals surface area contributed by atoms with Crippen molar-refractivity contribution in [3.63, 3.8) is 0 Å². The number of morpholine rings is 1. The SMILES string of the molecule is CCC1(C)CNCC(CC)(C2CC2)O1. The van der Waals surface area contributed by atoms with Crippen molar-refractivity contribution in [2.75, 3.05) is 13.1 Å². The zero-order chi connectivity index (χ0) is 10.2. The molecule has 2 unspecified atom stereocenters. The molecule has 2 atom stereocenters. The fourth-order valence-electron chi connectivity index (χ4n) is 2.62. The highest BCUT2D eigenvalue weighted by molar-refractivity contribution is 5.02. The van der Waals surface area contributed by atoms with Gasteiger partial charge in [0.15, 0.2) is 0 Å². The Labute approximate surface area is 87.4 Å². The van der Waals surface area contributed by atoms with Crippen LogP contribution in [0.2, 0.25) is 0 Å². The summed E-state index contributed by atoms with van der Waals surface area (Å²) in [7, 11) is 0. The number of rotatable bonds is 3. The Balaban J connectivity index is 2.10. The Hall–Kier alpha value is -0.0800. The molecule has 1 saturated carbocycles. The lowest BCUT2D eigenvalue weighted by molar-refractivity contribution is -0.183. The molecule has 0 bridgehead atoms. The molecule has 1 aliphatic carbocycles. The van der Waals surface area contributed by atoms with Crippen molar-refractivity contribution in [3.8, 4) is 0 Å². The lowest BCUT2D eigenvalue weighted by Crippen LogP contribution is -2.59. The Morgan fingerprint density at radius 2 is 1.93 bits per heavy atom. The van der Waals surface area contributed by atoms with Crippen LogP contribution in [0, 0.1) is 5.92 Å². The van der Waals surface area contributed by atoms with E-state index in [-0.39, 0.29) is 11.2 Å².